The molecule has 6 heteroatoms. The molecule has 13 heavy (non-hydrogen) atoms. The van der Waals surface area contributed by atoms with Crippen LogP contribution in [0.5, 0.6) is 0 Å². The Balaban J connectivity index is 4.23. The summed E-state index contributed by atoms with van der Waals surface area (Å²) in [6.07, 6.45) is -5.70. The zero-order chi connectivity index (χ0) is 10.6. The maximum atomic E-state index is 10.1. The lowest BCUT2D eigenvalue weighted by molar-refractivity contribution is -0.123. The quantitative estimate of drug-likeness (QED) is 0.296. The summed E-state index contributed by atoms with van der Waals surface area (Å²) in [5.41, 5.74) is 5.08. The highest BCUT2D eigenvalue weighted by atomic mass is 16.4. The average molecular weight is 193 g/mol. The van der Waals surface area contributed by atoms with Crippen molar-refractivity contribution in [3.05, 3.63) is 0 Å². The van der Waals surface area contributed by atoms with Gasteiger partial charge in [-0.3, -0.25) is 0 Å². The van der Waals surface area contributed by atoms with Gasteiger partial charge in [-0.15, -0.1) is 0 Å². The van der Waals surface area contributed by atoms with E-state index < -0.39 is 30.5 Å². The third kappa shape index (κ3) is 3.37. The molecule has 0 fully saturated rings. The van der Waals surface area contributed by atoms with Crippen LogP contribution in [-0.4, -0.2) is 57.2 Å². The second kappa shape index (κ2) is 5.25. The molecule has 0 aliphatic heterocycles. The van der Waals surface area contributed by atoms with Crippen LogP contribution in [0, 0.1) is 0 Å². The molecular weight excluding hydrogens is 178 g/mol. The van der Waals surface area contributed by atoms with Crippen LogP contribution >= 0.6 is 0 Å². The number of carbonyl (C=O) groups excluding carboxylic acids is 1. The molecule has 6 N–H and O–H groups in total. The average Bonchev–Trinajstić information content (AvgIpc) is 2.12. The van der Waals surface area contributed by atoms with Gasteiger partial charge < -0.3 is 31.0 Å². The first-order valence-corrected chi connectivity index (χ1v) is 3.85. The summed E-state index contributed by atoms with van der Waals surface area (Å²) >= 11 is 0. The molecule has 5 atom stereocenters. The summed E-state index contributed by atoms with van der Waals surface area (Å²) in [5, 5.41) is 36.2. The van der Waals surface area contributed by atoms with E-state index in [0.29, 0.717) is 0 Å². The van der Waals surface area contributed by atoms with Crippen molar-refractivity contribution in [1.82, 2.24) is 0 Å². The van der Waals surface area contributed by atoms with Crippen LogP contribution in [0.4, 0.5) is 0 Å². The van der Waals surface area contributed by atoms with Crippen molar-refractivity contribution in [3.8, 4) is 0 Å². The lowest BCUT2D eigenvalue weighted by Gasteiger charge is -2.26. The number of aliphatic hydroxyl groups excluding tert-OH is 4. The summed E-state index contributed by atoms with van der Waals surface area (Å²) in [4.78, 5) is 10.1. The first kappa shape index (κ1) is 12.5. The van der Waals surface area contributed by atoms with Gasteiger partial charge in [-0.25, -0.2) is 0 Å². The number of hydrogen-bond donors (Lipinski definition) is 5. The molecule has 0 amide bonds. The van der Waals surface area contributed by atoms with Gasteiger partial charge in [0, 0.05) is 0 Å². The van der Waals surface area contributed by atoms with Gasteiger partial charge >= 0.3 is 0 Å². The van der Waals surface area contributed by atoms with E-state index in [4.69, 9.17) is 26.2 Å². The second-order valence-corrected chi connectivity index (χ2v) is 2.93. The fourth-order valence-corrected chi connectivity index (χ4v) is 0.796. The summed E-state index contributed by atoms with van der Waals surface area (Å²) in [7, 11) is 0. The summed E-state index contributed by atoms with van der Waals surface area (Å²) in [6, 6.07) is -1.27. The van der Waals surface area contributed by atoms with Crippen LogP contribution in [0.2, 0.25) is 0 Å². The van der Waals surface area contributed by atoms with Gasteiger partial charge in [0.1, 0.15) is 24.6 Å². The minimum absolute atomic E-state index is 0.253. The van der Waals surface area contributed by atoms with Crippen molar-refractivity contribution < 1.29 is 25.2 Å². The van der Waals surface area contributed by atoms with Crippen LogP contribution in [0.1, 0.15) is 6.92 Å². The Morgan fingerprint density at radius 3 is 1.85 bits per heavy atom. The normalized spacial score (nSPS) is 22.9. The van der Waals surface area contributed by atoms with Gasteiger partial charge in [-0.05, 0) is 6.92 Å². The van der Waals surface area contributed by atoms with Crippen molar-refractivity contribution in [2.24, 2.45) is 5.73 Å². The Bertz CT molecular complexity index is 163. The first-order chi connectivity index (χ1) is 5.91. The fraction of sp³-hybridized carbons (Fsp3) is 0.857. The second-order valence-electron chi connectivity index (χ2n) is 2.93. The van der Waals surface area contributed by atoms with E-state index in [1.54, 1.807) is 0 Å². The van der Waals surface area contributed by atoms with Crippen LogP contribution in [0.3, 0.4) is 0 Å². The standard InChI is InChI=1S/C7H15NO5/c1-3(10)5(11)7(13)6(12)4(8)2-9/h2-7,10-13H,8H2,1H3/t3-,4+,5-,6-,7-/m1/s1. The van der Waals surface area contributed by atoms with Crippen LogP contribution < -0.4 is 5.73 Å². The predicted molar refractivity (Wildman–Crippen MR) is 43.7 cm³/mol. The number of carbonyl (C=O) groups is 1. The molecule has 0 saturated carbocycles. The van der Waals surface area contributed by atoms with E-state index >= 15 is 0 Å². The van der Waals surface area contributed by atoms with Crippen molar-refractivity contribution in [2.45, 2.75) is 37.4 Å². The molecule has 0 aliphatic rings. The molecule has 0 spiro atoms. The van der Waals surface area contributed by atoms with Gasteiger partial charge in [0.2, 0.25) is 0 Å². The largest absolute Gasteiger partial charge is 0.391 e. The Hall–Kier alpha value is -0.530. The smallest absolute Gasteiger partial charge is 0.139 e. The van der Waals surface area contributed by atoms with Gasteiger partial charge in [0.05, 0.1) is 12.1 Å². The lowest BCUT2D eigenvalue weighted by Crippen LogP contribution is -2.51. The van der Waals surface area contributed by atoms with Gasteiger partial charge in [-0.2, -0.15) is 0 Å². The van der Waals surface area contributed by atoms with E-state index in [9.17, 15) is 4.79 Å². The predicted octanol–water partition coefficient (Wildman–Crippen LogP) is -3.02. The van der Waals surface area contributed by atoms with Gasteiger partial charge in [0.15, 0.2) is 0 Å². The van der Waals surface area contributed by atoms with E-state index in [2.05, 4.69) is 0 Å². The summed E-state index contributed by atoms with van der Waals surface area (Å²) in [6.45, 7) is 1.24. The molecule has 6 nitrogen and oxygen atoms in total. The van der Waals surface area contributed by atoms with Crippen LogP contribution in [0.25, 0.3) is 0 Å². The molecule has 0 aromatic heterocycles. The minimum Gasteiger partial charge on any atom is -0.391 e. The summed E-state index contributed by atoms with van der Waals surface area (Å²) in [5.74, 6) is 0. The minimum atomic E-state index is -1.64. The van der Waals surface area contributed by atoms with Crippen LogP contribution in [0.15, 0.2) is 0 Å². The monoisotopic (exact) mass is 193 g/mol. The molecule has 0 unspecified atom stereocenters. The molecule has 0 heterocycles. The molecule has 0 aromatic rings. The molecule has 0 bridgehead atoms. The first-order valence-electron chi connectivity index (χ1n) is 3.85. The van der Waals surface area contributed by atoms with Crippen LogP contribution in [-0.2, 0) is 4.79 Å². The SMILES string of the molecule is C[C@@H](O)[C@@H](O)[C@@H](O)[C@H](O)[C@@H](N)C=O. The third-order valence-corrected chi connectivity index (χ3v) is 1.75. The van der Waals surface area contributed by atoms with Crippen molar-refractivity contribution in [1.29, 1.82) is 0 Å². The number of aliphatic hydroxyl groups is 4. The highest BCUT2D eigenvalue weighted by molar-refractivity contribution is 5.58. The molecule has 0 saturated heterocycles. The fourth-order valence-electron chi connectivity index (χ4n) is 0.796. The molecule has 78 valence electrons. The number of nitrogens with two attached hydrogens (primary N) is 1. The van der Waals surface area contributed by atoms with Gasteiger partial charge in [-0.1, -0.05) is 0 Å². The Morgan fingerprint density at radius 1 is 1.08 bits per heavy atom. The summed E-state index contributed by atoms with van der Waals surface area (Å²) < 4.78 is 0. The topological polar surface area (TPSA) is 124 Å². The molecule has 0 aliphatic carbocycles. The lowest BCUT2D eigenvalue weighted by atomic mass is 10.00. The Kier molecular flexibility index (Phi) is 5.04. The highest BCUT2D eigenvalue weighted by Crippen LogP contribution is 2.06. The zero-order valence-corrected chi connectivity index (χ0v) is 7.24. The maximum Gasteiger partial charge on any atom is 0.139 e. The Morgan fingerprint density at radius 2 is 1.54 bits per heavy atom. The highest BCUT2D eigenvalue weighted by Gasteiger charge is 2.31. The molecule has 0 radical (unpaired) electrons. The molecular formula is C7H15NO5. The number of hydrogen-bond acceptors (Lipinski definition) is 6. The van der Waals surface area contributed by atoms with E-state index in [-0.39, 0.29) is 6.29 Å². The molecule has 0 aromatic carbocycles. The van der Waals surface area contributed by atoms with E-state index in [1.807, 2.05) is 0 Å². The van der Waals surface area contributed by atoms with Gasteiger partial charge in [0.25, 0.3) is 0 Å². The van der Waals surface area contributed by atoms with Crippen molar-refractivity contribution >= 4 is 6.29 Å². The van der Waals surface area contributed by atoms with E-state index in [0.717, 1.165) is 0 Å². The zero-order valence-electron chi connectivity index (χ0n) is 7.24. The maximum absolute atomic E-state index is 10.1. The molecule has 0 rings (SSSR count). The Labute approximate surface area is 75.6 Å². The van der Waals surface area contributed by atoms with E-state index in [1.165, 1.54) is 6.92 Å². The van der Waals surface area contributed by atoms with Crippen molar-refractivity contribution in [3.63, 3.8) is 0 Å². The number of rotatable bonds is 5. The van der Waals surface area contributed by atoms with Crippen molar-refractivity contribution in [2.75, 3.05) is 0 Å². The third-order valence-electron chi connectivity index (χ3n) is 1.75. The number of aldehydes is 1.